The monoisotopic (exact) mass is 393 g/mol. The number of hydrogen-bond donors (Lipinski definition) is 2. The molecule has 7 nitrogen and oxygen atoms in total. The van der Waals surface area contributed by atoms with E-state index in [0.29, 0.717) is 24.5 Å². The van der Waals surface area contributed by atoms with Gasteiger partial charge in [-0.25, -0.2) is 4.98 Å². The minimum absolute atomic E-state index is 0.0752. The predicted molar refractivity (Wildman–Crippen MR) is 112 cm³/mol. The molecule has 0 atom stereocenters. The smallest absolute Gasteiger partial charge is 0.251 e. The van der Waals surface area contributed by atoms with Crippen molar-refractivity contribution in [2.24, 2.45) is 0 Å². The molecule has 1 aliphatic heterocycles. The highest BCUT2D eigenvalue weighted by Gasteiger charge is 2.11. The molecule has 0 aliphatic carbocycles. The number of nitrogens with zero attached hydrogens (tertiary/aromatic N) is 3. The first-order valence-corrected chi connectivity index (χ1v) is 10.1. The van der Waals surface area contributed by atoms with Crippen molar-refractivity contribution in [2.45, 2.75) is 13.5 Å². The van der Waals surface area contributed by atoms with Crippen LogP contribution in [0.5, 0.6) is 5.75 Å². The summed E-state index contributed by atoms with van der Waals surface area (Å²) in [7, 11) is 0. The van der Waals surface area contributed by atoms with E-state index in [1.807, 2.05) is 41.1 Å². The summed E-state index contributed by atoms with van der Waals surface area (Å²) in [5.74, 6) is 0.585. The van der Waals surface area contributed by atoms with Crippen LogP contribution in [0.1, 0.15) is 21.6 Å². The number of carbonyl (C=O) groups is 1. The van der Waals surface area contributed by atoms with E-state index in [-0.39, 0.29) is 5.91 Å². The molecule has 3 heterocycles. The Bertz CT molecular complexity index is 978. The maximum absolute atomic E-state index is 12.4. The Morgan fingerprint density at radius 1 is 1.21 bits per heavy atom. The Labute approximate surface area is 170 Å². The van der Waals surface area contributed by atoms with E-state index in [1.165, 1.54) is 5.56 Å². The number of ether oxygens (including phenoxy) is 1. The summed E-state index contributed by atoms with van der Waals surface area (Å²) in [6.07, 6.45) is 4.01. The first kappa shape index (κ1) is 19.4. The van der Waals surface area contributed by atoms with E-state index in [9.17, 15) is 4.79 Å². The Morgan fingerprint density at radius 3 is 2.93 bits per heavy atom. The Hall–Kier alpha value is -2.90. The third-order valence-corrected chi connectivity index (χ3v) is 5.05. The summed E-state index contributed by atoms with van der Waals surface area (Å²) in [5, 5.41) is 6.33. The summed E-state index contributed by atoms with van der Waals surface area (Å²) in [6, 6.07) is 11.3. The van der Waals surface area contributed by atoms with Crippen LogP contribution in [-0.4, -0.2) is 59.5 Å². The van der Waals surface area contributed by atoms with Gasteiger partial charge in [-0.05, 0) is 36.8 Å². The second-order valence-corrected chi connectivity index (χ2v) is 7.37. The molecule has 0 radical (unpaired) electrons. The third-order valence-electron chi connectivity index (χ3n) is 5.05. The summed E-state index contributed by atoms with van der Waals surface area (Å²) < 4.78 is 7.87. The first-order valence-electron chi connectivity index (χ1n) is 10.1. The number of aryl methyl sites for hydroxylation is 1. The highest BCUT2D eigenvalue weighted by molar-refractivity contribution is 5.94. The molecule has 2 N–H and O–H groups in total. The minimum Gasteiger partial charge on any atom is -0.487 e. The van der Waals surface area contributed by atoms with Gasteiger partial charge in [0.05, 0.1) is 5.69 Å². The number of imidazole rings is 1. The number of pyridine rings is 1. The van der Waals surface area contributed by atoms with Gasteiger partial charge in [-0.15, -0.1) is 0 Å². The van der Waals surface area contributed by atoms with Gasteiger partial charge in [0.25, 0.3) is 5.91 Å². The quantitative estimate of drug-likeness (QED) is 0.641. The van der Waals surface area contributed by atoms with Gasteiger partial charge in [0, 0.05) is 57.2 Å². The van der Waals surface area contributed by atoms with Crippen molar-refractivity contribution in [3.05, 3.63) is 65.6 Å². The molecule has 0 saturated carbocycles. The molecule has 2 aromatic heterocycles. The van der Waals surface area contributed by atoms with E-state index in [0.717, 1.165) is 44.1 Å². The van der Waals surface area contributed by atoms with Crippen molar-refractivity contribution in [2.75, 3.05) is 39.3 Å². The van der Waals surface area contributed by atoms with Gasteiger partial charge >= 0.3 is 0 Å². The zero-order valence-electron chi connectivity index (χ0n) is 16.7. The maximum Gasteiger partial charge on any atom is 0.251 e. The van der Waals surface area contributed by atoms with E-state index in [2.05, 4.69) is 27.4 Å². The van der Waals surface area contributed by atoms with E-state index < -0.39 is 0 Å². The van der Waals surface area contributed by atoms with Gasteiger partial charge in [-0.3, -0.25) is 9.69 Å². The van der Waals surface area contributed by atoms with Crippen molar-refractivity contribution in [3.8, 4) is 5.75 Å². The molecule has 7 heteroatoms. The number of fused-ring (bicyclic) bond motifs is 1. The highest BCUT2D eigenvalue weighted by Crippen LogP contribution is 2.16. The fraction of sp³-hybridized carbons (Fsp3) is 0.364. The summed E-state index contributed by atoms with van der Waals surface area (Å²) in [4.78, 5) is 19.4. The topological polar surface area (TPSA) is 70.9 Å². The Balaban J connectivity index is 1.30. The van der Waals surface area contributed by atoms with E-state index in [1.54, 1.807) is 12.1 Å². The average Bonchev–Trinajstić information content (AvgIpc) is 3.15. The lowest BCUT2D eigenvalue weighted by Crippen LogP contribution is -2.46. The molecular formula is C22H27N5O2. The van der Waals surface area contributed by atoms with Crippen molar-refractivity contribution < 1.29 is 9.53 Å². The molecule has 0 unspecified atom stereocenters. The molecule has 1 aromatic carbocycles. The largest absolute Gasteiger partial charge is 0.487 e. The molecule has 4 rings (SSSR count). The fourth-order valence-electron chi connectivity index (χ4n) is 3.47. The van der Waals surface area contributed by atoms with Crippen molar-refractivity contribution >= 4 is 11.6 Å². The number of piperazine rings is 1. The number of nitrogens with one attached hydrogen (secondary N) is 2. The lowest BCUT2D eigenvalue weighted by Gasteiger charge is -2.27. The van der Waals surface area contributed by atoms with Crippen LogP contribution < -0.4 is 15.4 Å². The number of amides is 1. The molecule has 1 amide bonds. The lowest BCUT2D eigenvalue weighted by atomic mass is 10.2. The van der Waals surface area contributed by atoms with Crippen LogP contribution in [0.4, 0.5) is 0 Å². The van der Waals surface area contributed by atoms with Crippen LogP contribution in [0.3, 0.4) is 0 Å². The maximum atomic E-state index is 12.4. The zero-order chi connectivity index (χ0) is 20.1. The third kappa shape index (κ3) is 5.13. The number of aromatic nitrogens is 2. The molecule has 1 fully saturated rings. The first-order chi connectivity index (χ1) is 14.2. The van der Waals surface area contributed by atoms with Crippen molar-refractivity contribution in [1.82, 2.24) is 24.9 Å². The van der Waals surface area contributed by atoms with Crippen LogP contribution in [0.25, 0.3) is 5.65 Å². The van der Waals surface area contributed by atoms with Gasteiger partial charge in [0.15, 0.2) is 0 Å². The van der Waals surface area contributed by atoms with E-state index >= 15 is 0 Å². The molecule has 3 aromatic rings. The normalized spacial score (nSPS) is 14.8. The highest BCUT2D eigenvalue weighted by atomic mass is 16.5. The van der Waals surface area contributed by atoms with Gasteiger partial charge in [0.1, 0.15) is 18.0 Å². The number of hydrogen-bond acceptors (Lipinski definition) is 5. The fourth-order valence-corrected chi connectivity index (χ4v) is 3.47. The minimum atomic E-state index is -0.0752. The van der Waals surface area contributed by atoms with Gasteiger partial charge in [0.2, 0.25) is 0 Å². The molecule has 0 spiro atoms. The van der Waals surface area contributed by atoms with Gasteiger partial charge < -0.3 is 19.8 Å². The van der Waals surface area contributed by atoms with Crippen LogP contribution in [0, 0.1) is 6.92 Å². The predicted octanol–water partition coefficient (Wildman–Crippen LogP) is 1.86. The second kappa shape index (κ2) is 9.07. The second-order valence-electron chi connectivity index (χ2n) is 7.37. The zero-order valence-corrected chi connectivity index (χ0v) is 16.7. The Morgan fingerprint density at radius 2 is 2.07 bits per heavy atom. The van der Waals surface area contributed by atoms with Crippen LogP contribution in [-0.2, 0) is 6.61 Å². The molecule has 1 aliphatic rings. The number of benzene rings is 1. The number of carbonyl (C=O) groups excluding carboxylic acids is 1. The summed E-state index contributed by atoms with van der Waals surface area (Å²) >= 11 is 0. The molecule has 29 heavy (non-hydrogen) atoms. The molecule has 0 bridgehead atoms. The van der Waals surface area contributed by atoms with Crippen LogP contribution in [0.2, 0.25) is 0 Å². The molecule has 1 saturated heterocycles. The van der Waals surface area contributed by atoms with E-state index in [4.69, 9.17) is 4.74 Å². The molecular weight excluding hydrogens is 366 g/mol. The lowest BCUT2D eigenvalue weighted by molar-refractivity contribution is 0.0946. The van der Waals surface area contributed by atoms with Gasteiger partial charge in [-0.2, -0.15) is 0 Å². The van der Waals surface area contributed by atoms with Crippen LogP contribution in [0.15, 0.2) is 48.8 Å². The van der Waals surface area contributed by atoms with Gasteiger partial charge in [-0.1, -0.05) is 12.1 Å². The SMILES string of the molecule is Cc1ccc2nc(COc3cccc(C(=O)NCCN4CCNCC4)c3)cn2c1. The average molecular weight is 393 g/mol. The summed E-state index contributed by atoms with van der Waals surface area (Å²) in [6.45, 7) is 8.01. The number of rotatable bonds is 7. The Kier molecular flexibility index (Phi) is 6.07. The summed E-state index contributed by atoms with van der Waals surface area (Å²) in [5.41, 5.74) is 3.53. The molecule has 152 valence electrons. The van der Waals surface area contributed by atoms with Crippen molar-refractivity contribution in [3.63, 3.8) is 0 Å². The standard InChI is InChI=1S/C22H27N5O2/c1-17-5-6-21-25-19(15-27(21)14-17)16-29-20-4-2-3-18(13-20)22(28)24-9-12-26-10-7-23-8-11-26/h2-6,13-15,23H,7-12,16H2,1H3,(H,24,28). The van der Waals surface area contributed by atoms with Crippen LogP contribution >= 0.6 is 0 Å². The van der Waals surface area contributed by atoms with Crippen molar-refractivity contribution in [1.29, 1.82) is 0 Å².